The quantitative estimate of drug-likeness (QED) is 0.692. The van der Waals surface area contributed by atoms with E-state index in [0.717, 1.165) is 10.9 Å². The van der Waals surface area contributed by atoms with E-state index in [-0.39, 0.29) is 12.2 Å². The molecule has 1 aromatic heterocycles. The predicted molar refractivity (Wildman–Crippen MR) is 69.4 cm³/mol. The summed E-state index contributed by atoms with van der Waals surface area (Å²) in [7, 11) is 0. The summed E-state index contributed by atoms with van der Waals surface area (Å²) < 4.78 is 26.6. The van der Waals surface area contributed by atoms with Crippen molar-refractivity contribution in [1.82, 2.24) is 0 Å². The van der Waals surface area contributed by atoms with Gasteiger partial charge >= 0.3 is 5.69 Å². The number of thiophene rings is 1. The third-order valence-electron chi connectivity index (χ3n) is 2.47. The topological polar surface area (TPSA) is 79.0 Å². The maximum absolute atomic E-state index is 13.5. The largest absolute Gasteiger partial charge is 0.378 e. The van der Waals surface area contributed by atoms with Crippen molar-refractivity contribution in [3.05, 3.63) is 55.8 Å². The SMILES string of the molecule is N#Cc1csc(CNc2cc([N+](=O)[O-])c(F)cc2F)c1. The normalized spacial score (nSPS) is 10.1. The molecule has 1 aromatic carbocycles. The second-order valence-electron chi connectivity index (χ2n) is 3.81. The van der Waals surface area contributed by atoms with E-state index in [1.807, 2.05) is 6.07 Å². The summed E-state index contributed by atoms with van der Waals surface area (Å²) in [5.74, 6) is -2.13. The molecule has 0 fully saturated rings. The highest BCUT2D eigenvalue weighted by Crippen LogP contribution is 2.26. The fourth-order valence-corrected chi connectivity index (χ4v) is 2.28. The average Bonchev–Trinajstić information content (AvgIpc) is 2.85. The van der Waals surface area contributed by atoms with E-state index in [9.17, 15) is 18.9 Å². The van der Waals surface area contributed by atoms with Crippen LogP contribution < -0.4 is 5.32 Å². The number of anilines is 1. The van der Waals surface area contributed by atoms with Crippen LogP contribution in [0.15, 0.2) is 23.6 Å². The van der Waals surface area contributed by atoms with Crippen molar-refractivity contribution in [1.29, 1.82) is 5.26 Å². The van der Waals surface area contributed by atoms with Crippen molar-refractivity contribution in [3.63, 3.8) is 0 Å². The molecule has 0 aliphatic rings. The van der Waals surface area contributed by atoms with Crippen molar-refractivity contribution in [3.8, 4) is 6.07 Å². The number of nitrogens with zero attached hydrogens (tertiary/aromatic N) is 2. The van der Waals surface area contributed by atoms with Gasteiger partial charge in [-0.3, -0.25) is 10.1 Å². The van der Waals surface area contributed by atoms with Crippen LogP contribution in [0.4, 0.5) is 20.2 Å². The van der Waals surface area contributed by atoms with Gasteiger partial charge in [-0.1, -0.05) is 0 Å². The number of hydrogen-bond acceptors (Lipinski definition) is 5. The van der Waals surface area contributed by atoms with Gasteiger partial charge in [-0.05, 0) is 6.07 Å². The zero-order valence-corrected chi connectivity index (χ0v) is 10.7. The van der Waals surface area contributed by atoms with E-state index < -0.39 is 22.2 Å². The highest BCUT2D eigenvalue weighted by Gasteiger charge is 2.18. The number of benzene rings is 1. The van der Waals surface area contributed by atoms with Gasteiger partial charge < -0.3 is 5.32 Å². The lowest BCUT2D eigenvalue weighted by Gasteiger charge is -2.06. The van der Waals surface area contributed by atoms with Gasteiger partial charge in [0.15, 0.2) is 0 Å². The van der Waals surface area contributed by atoms with Gasteiger partial charge in [-0.2, -0.15) is 9.65 Å². The minimum atomic E-state index is -1.22. The first-order chi connectivity index (χ1) is 9.51. The Kier molecular flexibility index (Phi) is 3.91. The summed E-state index contributed by atoms with van der Waals surface area (Å²) in [6, 6.07) is 4.85. The van der Waals surface area contributed by atoms with Crippen LogP contribution in [-0.2, 0) is 6.54 Å². The molecule has 0 spiro atoms. The van der Waals surface area contributed by atoms with Crippen LogP contribution in [0.5, 0.6) is 0 Å². The number of nitrogens with one attached hydrogen (secondary N) is 1. The molecule has 1 N–H and O–H groups in total. The van der Waals surface area contributed by atoms with E-state index >= 15 is 0 Å². The first-order valence-electron chi connectivity index (χ1n) is 5.36. The number of rotatable bonds is 4. The van der Waals surface area contributed by atoms with Crippen molar-refractivity contribution in [2.45, 2.75) is 6.54 Å². The molecule has 0 aliphatic heterocycles. The number of nitro benzene ring substituents is 1. The van der Waals surface area contributed by atoms with E-state index in [2.05, 4.69) is 5.32 Å². The third-order valence-corrected chi connectivity index (χ3v) is 3.41. The molecule has 0 radical (unpaired) electrons. The molecule has 1 heterocycles. The first-order valence-corrected chi connectivity index (χ1v) is 6.24. The number of nitriles is 1. The van der Waals surface area contributed by atoms with Gasteiger partial charge in [0.25, 0.3) is 0 Å². The van der Waals surface area contributed by atoms with Crippen molar-refractivity contribution < 1.29 is 13.7 Å². The molecule has 0 atom stereocenters. The maximum atomic E-state index is 13.5. The Labute approximate surface area is 116 Å². The molecule has 5 nitrogen and oxygen atoms in total. The zero-order valence-electron chi connectivity index (χ0n) is 9.89. The van der Waals surface area contributed by atoms with E-state index in [1.165, 1.54) is 11.3 Å². The molecule has 2 aromatic rings. The predicted octanol–water partition coefficient (Wildman–Crippen LogP) is 3.42. The van der Waals surface area contributed by atoms with Crippen LogP contribution in [-0.4, -0.2) is 4.92 Å². The highest BCUT2D eigenvalue weighted by atomic mass is 32.1. The second-order valence-corrected chi connectivity index (χ2v) is 4.80. The zero-order chi connectivity index (χ0) is 14.7. The lowest BCUT2D eigenvalue weighted by atomic mass is 10.2. The fraction of sp³-hybridized carbons (Fsp3) is 0.0833. The van der Waals surface area contributed by atoms with Gasteiger partial charge in [0, 0.05) is 28.9 Å². The molecule has 102 valence electrons. The summed E-state index contributed by atoms with van der Waals surface area (Å²) in [5.41, 5.74) is -0.472. The Bertz CT molecular complexity index is 709. The molecule has 0 bridgehead atoms. The standard InChI is InChI=1S/C12H7F2N3O2S/c13-9-2-10(14)12(17(18)19)3-11(9)16-5-8-1-7(4-15)6-20-8/h1-3,6,16H,5H2. The Balaban J connectivity index is 2.19. The minimum absolute atomic E-state index is 0.162. The lowest BCUT2D eigenvalue weighted by Crippen LogP contribution is -2.02. The Morgan fingerprint density at radius 3 is 2.70 bits per heavy atom. The Morgan fingerprint density at radius 1 is 1.35 bits per heavy atom. The van der Waals surface area contributed by atoms with Crippen LogP contribution in [0.1, 0.15) is 10.4 Å². The van der Waals surface area contributed by atoms with E-state index in [1.54, 1.807) is 11.4 Å². The number of nitro groups is 1. The summed E-state index contributed by atoms with van der Waals surface area (Å²) in [6.07, 6.45) is 0. The van der Waals surface area contributed by atoms with Crippen LogP contribution >= 0.6 is 11.3 Å². The summed E-state index contributed by atoms with van der Waals surface area (Å²) in [6.45, 7) is 0.187. The Morgan fingerprint density at radius 2 is 2.10 bits per heavy atom. The van der Waals surface area contributed by atoms with Crippen molar-refractivity contribution in [2.24, 2.45) is 0 Å². The van der Waals surface area contributed by atoms with Gasteiger partial charge in [0.1, 0.15) is 11.9 Å². The number of halogens is 2. The molecule has 0 unspecified atom stereocenters. The summed E-state index contributed by atoms with van der Waals surface area (Å²) in [4.78, 5) is 10.4. The molecular weight excluding hydrogens is 288 g/mol. The average molecular weight is 295 g/mol. The minimum Gasteiger partial charge on any atom is -0.378 e. The third kappa shape index (κ3) is 2.89. The van der Waals surface area contributed by atoms with Gasteiger partial charge in [-0.25, -0.2) is 4.39 Å². The molecule has 20 heavy (non-hydrogen) atoms. The smallest absolute Gasteiger partial charge is 0.307 e. The molecule has 0 saturated heterocycles. The highest BCUT2D eigenvalue weighted by molar-refractivity contribution is 7.10. The molecule has 0 aliphatic carbocycles. The lowest BCUT2D eigenvalue weighted by molar-refractivity contribution is -0.387. The molecule has 8 heteroatoms. The first kappa shape index (κ1) is 13.9. The number of hydrogen-bond donors (Lipinski definition) is 1. The summed E-state index contributed by atoms with van der Waals surface area (Å²) in [5, 5.41) is 23.5. The van der Waals surface area contributed by atoms with Crippen molar-refractivity contribution in [2.75, 3.05) is 5.32 Å². The van der Waals surface area contributed by atoms with E-state index in [4.69, 9.17) is 5.26 Å². The molecule has 0 amide bonds. The van der Waals surface area contributed by atoms with Gasteiger partial charge in [0.2, 0.25) is 5.82 Å². The fourth-order valence-electron chi connectivity index (χ4n) is 1.53. The van der Waals surface area contributed by atoms with Crippen LogP contribution in [0.25, 0.3) is 0 Å². The van der Waals surface area contributed by atoms with Gasteiger partial charge in [0.05, 0.1) is 16.2 Å². The van der Waals surface area contributed by atoms with Crippen LogP contribution in [0.2, 0.25) is 0 Å². The van der Waals surface area contributed by atoms with Gasteiger partial charge in [-0.15, -0.1) is 11.3 Å². The summed E-state index contributed by atoms with van der Waals surface area (Å²) >= 11 is 1.30. The second kappa shape index (κ2) is 5.63. The van der Waals surface area contributed by atoms with Crippen molar-refractivity contribution >= 4 is 22.7 Å². The Hall–Kier alpha value is -2.53. The van der Waals surface area contributed by atoms with Crippen LogP contribution in [0, 0.1) is 33.1 Å². The monoisotopic (exact) mass is 295 g/mol. The molecule has 0 saturated carbocycles. The van der Waals surface area contributed by atoms with E-state index in [0.29, 0.717) is 11.6 Å². The molecular formula is C12H7F2N3O2S. The molecule has 2 rings (SSSR count). The van der Waals surface area contributed by atoms with Crippen LogP contribution in [0.3, 0.4) is 0 Å². The maximum Gasteiger partial charge on any atom is 0.307 e.